The minimum Gasteiger partial charge on any atom is -0.497 e. The lowest BCUT2D eigenvalue weighted by atomic mass is 10.1. The molecule has 1 heterocycles. The van der Waals surface area contributed by atoms with E-state index in [9.17, 15) is 0 Å². The lowest BCUT2D eigenvalue weighted by Crippen LogP contribution is -2.18. The molecule has 0 aliphatic rings. The average Bonchev–Trinajstić information content (AvgIpc) is 2.96. The third kappa shape index (κ3) is 3.53. The normalized spacial score (nSPS) is 11.7. The summed E-state index contributed by atoms with van der Waals surface area (Å²) in [6.07, 6.45) is 0. The van der Waals surface area contributed by atoms with Crippen LogP contribution in [0.5, 0.6) is 5.75 Å². The van der Waals surface area contributed by atoms with E-state index in [4.69, 9.17) is 22.1 Å². The van der Waals surface area contributed by atoms with Crippen LogP contribution in [0.25, 0.3) is 5.69 Å². The summed E-state index contributed by atoms with van der Waals surface area (Å²) in [5.74, 6) is 2.07. The van der Waals surface area contributed by atoms with Gasteiger partial charge in [-0.25, -0.2) is 9.67 Å². The fraction of sp³-hybridized carbons (Fsp3) is 0.176. The Labute approximate surface area is 151 Å². The summed E-state index contributed by atoms with van der Waals surface area (Å²) >= 11 is 6.26. The Hall–Kier alpha value is -2.08. The first-order chi connectivity index (χ1) is 11.1. The molecule has 7 heteroatoms. The van der Waals surface area contributed by atoms with E-state index in [2.05, 4.69) is 10.1 Å². The largest absolute Gasteiger partial charge is 0.497 e. The van der Waals surface area contributed by atoms with Gasteiger partial charge < -0.3 is 10.5 Å². The summed E-state index contributed by atoms with van der Waals surface area (Å²) in [6.45, 7) is 1.84. The van der Waals surface area contributed by atoms with Crippen LogP contribution in [-0.2, 0) is 0 Å². The molecule has 5 nitrogen and oxygen atoms in total. The molecule has 2 N–H and O–H groups in total. The first-order valence-electron chi connectivity index (χ1n) is 7.18. The minimum absolute atomic E-state index is 0. The summed E-state index contributed by atoms with van der Waals surface area (Å²) in [6, 6.07) is 14.6. The van der Waals surface area contributed by atoms with Crippen LogP contribution in [0.1, 0.15) is 23.3 Å². The van der Waals surface area contributed by atoms with Crippen LogP contribution in [-0.4, -0.2) is 21.9 Å². The van der Waals surface area contributed by atoms with Crippen molar-refractivity contribution in [1.82, 2.24) is 14.8 Å². The van der Waals surface area contributed by atoms with Gasteiger partial charge in [-0.2, -0.15) is 5.10 Å². The maximum atomic E-state index is 6.39. The Morgan fingerprint density at radius 1 is 1.12 bits per heavy atom. The second-order valence-electron chi connectivity index (χ2n) is 5.13. The van der Waals surface area contributed by atoms with Crippen molar-refractivity contribution in [2.75, 3.05) is 7.11 Å². The van der Waals surface area contributed by atoms with Gasteiger partial charge in [0.1, 0.15) is 11.6 Å². The van der Waals surface area contributed by atoms with Crippen LogP contribution < -0.4 is 10.5 Å². The third-order valence-corrected chi connectivity index (χ3v) is 3.92. The monoisotopic (exact) mass is 364 g/mol. The molecule has 0 radical (unpaired) electrons. The van der Waals surface area contributed by atoms with Crippen LogP contribution >= 0.6 is 24.0 Å². The number of ether oxygens (including phenoxy) is 1. The number of methoxy groups -OCH3 is 1. The van der Waals surface area contributed by atoms with Gasteiger partial charge in [-0.3, -0.25) is 0 Å². The molecule has 1 atom stereocenters. The fourth-order valence-electron chi connectivity index (χ4n) is 2.41. The van der Waals surface area contributed by atoms with Gasteiger partial charge in [0, 0.05) is 5.02 Å². The highest BCUT2D eigenvalue weighted by Gasteiger charge is 2.20. The van der Waals surface area contributed by atoms with E-state index in [1.165, 1.54) is 0 Å². The van der Waals surface area contributed by atoms with E-state index < -0.39 is 6.04 Å². The van der Waals surface area contributed by atoms with Gasteiger partial charge in [0.05, 0.1) is 18.8 Å². The van der Waals surface area contributed by atoms with Crippen molar-refractivity contribution in [3.63, 3.8) is 0 Å². The maximum Gasteiger partial charge on any atom is 0.154 e. The molecule has 2 aromatic carbocycles. The van der Waals surface area contributed by atoms with Crippen LogP contribution in [0.15, 0.2) is 48.5 Å². The molecule has 24 heavy (non-hydrogen) atoms. The van der Waals surface area contributed by atoms with E-state index in [0.717, 1.165) is 17.0 Å². The predicted octanol–water partition coefficient (Wildman–Crippen LogP) is 3.71. The number of aromatic nitrogens is 3. The quantitative estimate of drug-likeness (QED) is 0.766. The lowest BCUT2D eigenvalue weighted by molar-refractivity contribution is 0.414. The zero-order valence-electron chi connectivity index (χ0n) is 13.3. The van der Waals surface area contributed by atoms with Gasteiger partial charge in [0.2, 0.25) is 0 Å². The molecule has 0 spiro atoms. The zero-order valence-corrected chi connectivity index (χ0v) is 14.9. The lowest BCUT2D eigenvalue weighted by Gasteiger charge is -2.14. The number of nitrogens with zero attached hydrogens (tertiary/aromatic N) is 3. The molecule has 0 saturated carbocycles. The number of hydrogen-bond donors (Lipinski definition) is 1. The van der Waals surface area contributed by atoms with Gasteiger partial charge in [-0.15, -0.1) is 12.4 Å². The van der Waals surface area contributed by atoms with Crippen molar-refractivity contribution in [3.05, 3.63) is 70.8 Å². The Bertz CT molecular complexity index is 818. The zero-order chi connectivity index (χ0) is 16.4. The van der Waals surface area contributed by atoms with E-state index >= 15 is 0 Å². The first kappa shape index (κ1) is 18.3. The summed E-state index contributed by atoms with van der Waals surface area (Å²) in [5.41, 5.74) is 8.07. The third-order valence-electron chi connectivity index (χ3n) is 3.57. The fourth-order valence-corrected chi connectivity index (χ4v) is 2.67. The van der Waals surface area contributed by atoms with Gasteiger partial charge in [0.25, 0.3) is 0 Å². The molecule has 0 unspecified atom stereocenters. The first-order valence-corrected chi connectivity index (χ1v) is 7.56. The number of aryl methyl sites for hydroxylation is 1. The Morgan fingerprint density at radius 2 is 1.79 bits per heavy atom. The molecule has 126 valence electrons. The molecule has 0 amide bonds. The van der Waals surface area contributed by atoms with Crippen LogP contribution in [0.4, 0.5) is 0 Å². The number of rotatable bonds is 4. The summed E-state index contributed by atoms with van der Waals surface area (Å²) in [5, 5.41) is 5.07. The SMILES string of the molecule is COc1ccc(-n2nc(C)nc2[C@@H](N)c2ccccc2Cl)cc1.Cl. The highest BCUT2D eigenvalue weighted by molar-refractivity contribution is 6.31. The van der Waals surface area contributed by atoms with Crippen molar-refractivity contribution < 1.29 is 4.74 Å². The Balaban J connectivity index is 0.00000208. The predicted molar refractivity (Wildman–Crippen MR) is 97.4 cm³/mol. The average molecular weight is 365 g/mol. The topological polar surface area (TPSA) is 66.0 Å². The number of benzene rings is 2. The van der Waals surface area contributed by atoms with Crippen LogP contribution in [0.3, 0.4) is 0 Å². The molecule has 0 aliphatic carbocycles. The van der Waals surface area contributed by atoms with Gasteiger partial charge in [-0.1, -0.05) is 29.8 Å². The molecule has 3 aromatic rings. The molecule has 0 bridgehead atoms. The summed E-state index contributed by atoms with van der Waals surface area (Å²) in [7, 11) is 1.63. The van der Waals surface area contributed by atoms with Crippen LogP contribution in [0, 0.1) is 6.92 Å². The number of nitrogens with two attached hydrogens (primary N) is 1. The van der Waals surface area contributed by atoms with Crippen molar-refractivity contribution in [3.8, 4) is 11.4 Å². The summed E-state index contributed by atoms with van der Waals surface area (Å²) < 4.78 is 6.92. The van der Waals surface area contributed by atoms with Crippen molar-refractivity contribution in [2.45, 2.75) is 13.0 Å². The molecule has 0 aliphatic heterocycles. The van der Waals surface area contributed by atoms with Crippen LogP contribution in [0.2, 0.25) is 5.02 Å². The number of halogens is 2. The Morgan fingerprint density at radius 3 is 2.42 bits per heavy atom. The molecular weight excluding hydrogens is 347 g/mol. The second kappa shape index (κ2) is 7.66. The van der Waals surface area contributed by atoms with Gasteiger partial charge in [0.15, 0.2) is 5.82 Å². The smallest absolute Gasteiger partial charge is 0.154 e. The highest BCUT2D eigenvalue weighted by atomic mass is 35.5. The Kier molecular flexibility index (Phi) is 5.83. The molecule has 0 fully saturated rings. The molecule has 3 rings (SSSR count). The van der Waals surface area contributed by atoms with E-state index in [0.29, 0.717) is 16.7 Å². The van der Waals surface area contributed by atoms with Crippen molar-refractivity contribution >= 4 is 24.0 Å². The van der Waals surface area contributed by atoms with Gasteiger partial charge in [-0.05, 0) is 42.8 Å². The standard InChI is InChI=1S/C17H17ClN4O.ClH/c1-11-20-17(16(19)14-5-3-4-6-15(14)18)22(21-11)12-7-9-13(23-2)10-8-12;/h3-10,16H,19H2,1-2H3;1H/t16-;/m0./s1. The minimum atomic E-state index is -0.466. The van der Waals surface area contributed by atoms with E-state index in [-0.39, 0.29) is 12.4 Å². The second-order valence-corrected chi connectivity index (χ2v) is 5.53. The maximum absolute atomic E-state index is 6.39. The van der Waals surface area contributed by atoms with Gasteiger partial charge >= 0.3 is 0 Å². The van der Waals surface area contributed by atoms with E-state index in [1.54, 1.807) is 11.8 Å². The molecule has 0 saturated heterocycles. The molecular formula is C17H18Cl2N4O. The van der Waals surface area contributed by atoms with Crippen molar-refractivity contribution in [1.29, 1.82) is 0 Å². The van der Waals surface area contributed by atoms with E-state index in [1.807, 2.05) is 55.5 Å². The molecule has 1 aromatic heterocycles. The van der Waals surface area contributed by atoms with Crippen molar-refractivity contribution in [2.24, 2.45) is 5.73 Å². The summed E-state index contributed by atoms with van der Waals surface area (Å²) in [4.78, 5) is 4.48. The highest BCUT2D eigenvalue weighted by Crippen LogP contribution is 2.27. The number of hydrogen-bond acceptors (Lipinski definition) is 4.